The molecule has 6 heteroatoms. The topological polar surface area (TPSA) is 83.5 Å². The summed E-state index contributed by atoms with van der Waals surface area (Å²) in [4.78, 5) is 10.7. The van der Waals surface area contributed by atoms with E-state index in [-0.39, 0.29) is 0 Å². The predicted octanol–water partition coefficient (Wildman–Crippen LogP) is 1.77. The van der Waals surface area contributed by atoms with Crippen LogP contribution in [0.5, 0.6) is 0 Å². The molecule has 2 N–H and O–H groups in total. The molecule has 0 aliphatic rings. The maximum atomic E-state index is 11.8. The van der Waals surface area contributed by atoms with E-state index in [1.165, 1.54) is 6.92 Å². The van der Waals surface area contributed by atoms with Crippen LogP contribution in [0.15, 0.2) is 18.2 Å². The van der Waals surface area contributed by atoms with Crippen LogP contribution in [0.1, 0.15) is 18.1 Å². The maximum absolute atomic E-state index is 11.8. The lowest BCUT2D eigenvalue weighted by molar-refractivity contribution is -0.140. The van der Waals surface area contributed by atoms with Gasteiger partial charge in [-0.3, -0.25) is 9.52 Å². The Hall–Kier alpha value is -1.56. The number of sulfonamides is 1. The smallest absolute Gasteiger partial charge is 0.307 e. The first-order valence-corrected chi connectivity index (χ1v) is 7.17. The number of carboxylic acids is 1. The monoisotopic (exact) mass is 271 g/mol. The molecule has 0 saturated carbocycles. The molecular formula is C12H17NO4S. The van der Waals surface area contributed by atoms with E-state index in [4.69, 9.17) is 5.11 Å². The lowest BCUT2D eigenvalue weighted by Crippen LogP contribution is -2.26. The molecule has 0 aromatic heterocycles. The van der Waals surface area contributed by atoms with Gasteiger partial charge in [0.2, 0.25) is 10.0 Å². The fraction of sp³-hybridized carbons (Fsp3) is 0.417. The fourth-order valence-electron chi connectivity index (χ4n) is 1.46. The van der Waals surface area contributed by atoms with Crippen LogP contribution < -0.4 is 4.72 Å². The number of nitrogens with one attached hydrogen (secondary N) is 1. The van der Waals surface area contributed by atoms with Crippen molar-refractivity contribution >= 4 is 21.7 Å². The minimum Gasteiger partial charge on any atom is -0.481 e. The van der Waals surface area contributed by atoms with E-state index in [0.717, 1.165) is 11.1 Å². The standard InChI is InChI=1S/C12H17NO4S/c1-8-4-5-9(2)11(6-8)13-18(16,17)7-10(3)12(14)15/h4-6,10,13H,7H2,1-3H3,(H,14,15). The molecule has 0 aliphatic carbocycles. The number of hydrogen-bond acceptors (Lipinski definition) is 3. The van der Waals surface area contributed by atoms with Crippen molar-refractivity contribution in [1.29, 1.82) is 0 Å². The minimum atomic E-state index is -3.65. The third-order valence-corrected chi connectivity index (χ3v) is 4.02. The summed E-state index contributed by atoms with van der Waals surface area (Å²) in [6.07, 6.45) is 0. The molecule has 5 nitrogen and oxygen atoms in total. The van der Waals surface area contributed by atoms with E-state index in [2.05, 4.69) is 4.72 Å². The summed E-state index contributed by atoms with van der Waals surface area (Å²) >= 11 is 0. The van der Waals surface area contributed by atoms with Crippen LogP contribution in [0.3, 0.4) is 0 Å². The van der Waals surface area contributed by atoms with Gasteiger partial charge in [0.15, 0.2) is 0 Å². The molecule has 0 bridgehead atoms. The zero-order valence-corrected chi connectivity index (χ0v) is 11.4. The lowest BCUT2D eigenvalue weighted by Gasteiger charge is -2.12. The molecule has 1 aromatic carbocycles. The van der Waals surface area contributed by atoms with E-state index in [9.17, 15) is 13.2 Å². The lowest BCUT2D eigenvalue weighted by atomic mass is 10.1. The molecule has 1 atom stereocenters. The third kappa shape index (κ3) is 4.03. The van der Waals surface area contributed by atoms with Gasteiger partial charge >= 0.3 is 5.97 Å². The van der Waals surface area contributed by atoms with E-state index in [0.29, 0.717) is 5.69 Å². The number of carbonyl (C=O) groups is 1. The van der Waals surface area contributed by atoms with E-state index >= 15 is 0 Å². The van der Waals surface area contributed by atoms with Gasteiger partial charge in [0.25, 0.3) is 0 Å². The Balaban J connectivity index is 2.89. The van der Waals surface area contributed by atoms with Gasteiger partial charge in [0, 0.05) is 0 Å². The summed E-state index contributed by atoms with van der Waals surface area (Å²) < 4.78 is 26.0. The minimum absolute atomic E-state index is 0.435. The first-order chi connectivity index (χ1) is 8.21. The maximum Gasteiger partial charge on any atom is 0.307 e. The van der Waals surface area contributed by atoms with Gasteiger partial charge in [-0.25, -0.2) is 8.42 Å². The van der Waals surface area contributed by atoms with E-state index in [1.54, 1.807) is 13.0 Å². The molecule has 1 unspecified atom stereocenters. The molecule has 0 radical (unpaired) electrons. The number of aryl methyl sites for hydroxylation is 2. The third-order valence-electron chi connectivity index (χ3n) is 2.55. The molecule has 18 heavy (non-hydrogen) atoms. The van der Waals surface area contributed by atoms with Crippen molar-refractivity contribution in [2.75, 3.05) is 10.5 Å². The average molecular weight is 271 g/mol. The molecule has 0 fully saturated rings. The Labute approximate surface area is 107 Å². The molecule has 1 aromatic rings. The molecule has 1 rings (SSSR count). The molecule has 0 spiro atoms. The number of benzene rings is 1. The van der Waals surface area contributed by atoms with Crippen molar-refractivity contribution in [1.82, 2.24) is 0 Å². The van der Waals surface area contributed by atoms with Gasteiger partial charge in [-0.15, -0.1) is 0 Å². The van der Waals surface area contributed by atoms with E-state index in [1.807, 2.05) is 19.1 Å². The van der Waals surface area contributed by atoms with Crippen LogP contribution in [0.4, 0.5) is 5.69 Å². The highest BCUT2D eigenvalue weighted by Crippen LogP contribution is 2.18. The highest BCUT2D eigenvalue weighted by molar-refractivity contribution is 7.92. The second-order valence-corrected chi connectivity index (χ2v) is 6.21. The summed E-state index contributed by atoms with van der Waals surface area (Å²) in [5, 5.41) is 8.72. The fourth-order valence-corrected chi connectivity index (χ4v) is 2.89. The zero-order valence-electron chi connectivity index (χ0n) is 10.6. The van der Waals surface area contributed by atoms with Crippen molar-refractivity contribution in [3.8, 4) is 0 Å². The second-order valence-electron chi connectivity index (χ2n) is 4.44. The largest absolute Gasteiger partial charge is 0.481 e. The van der Waals surface area contributed by atoms with Gasteiger partial charge < -0.3 is 5.11 Å². The highest BCUT2D eigenvalue weighted by Gasteiger charge is 2.21. The van der Waals surface area contributed by atoms with Gasteiger partial charge in [0.05, 0.1) is 17.4 Å². The van der Waals surface area contributed by atoms with E-state index < -0.39 is 27.7 Å². The van der Waals surface area contributed by atoms with Crippen LogP contribution in [0, 0.1) is 19.8 Å². The molecular weight excluding hydrogens is 254 g/mol. The van der Waals surface area contributed by atoms with Crippen molar-refractivity contribution < 1.29 is 18.3 Å². The molecule has 0 saturated heterocycles. The highest BCUT2D eigenvalue weighted by atomic mass is 32.2. The van der Waals surface area contributed by atoms with Crippen molar-refractivity contribution in [2.24, 2.45) is 5.92 Å². The quantitative estimate of drug-likeness (QED) is 0.854. The van der Waals surface area contributed by atoms with Crippen molar-refractivity contribution in [3.63, 3.8) is 0 Å². The Morgan fingerprint density at radius 1 is 1.39 bits per heavy atom. The average Bonchev–Trinajstić information content (AvgIpc) is 2.22. The summed E-state index contributed by atoms with van der Waals surface area (Å²) in [5.74, 6) is -2.50. The van der Waals surface area contributed by atoms with Crippen LogP contribution in [-0.2, 0) is 14.8 Å². The summed E-state index contributed by atoms with van der Waals surface area (Å²) in [5.41, 5.74) is 2.23. The molecule has 0 aliphatic heterocycles. The SMILES string of the molecule is Cc1ccc(C)c(NS(=O)(=O)CC(C)C(=O)O)c1. The summed E-state index contributed by atoms with van der Waals surface area (Å²) in [6, 6.07) is 5.42. The normalized spacial score (nSPS) is 13.1. The summed E-state index contributed by atoms with van der Waals surface area (Å²) in [6.45, 7) is 5.01. The van der Waals surface area contributed by atoms with Gasteiger partial charge in [-0.1, -0.05) is 19.1 Å². The zero-order chi connectivity index (χ0) is 13.9. The summed E-state index contributed by atoms with van der Waals surface area (Å²) in [7, 11) is -3.65. The first-order valence-electron chi connectivity index (χ1n) is 5.52. The number of rotatable bonds is 5. The second kappa shape index (κ2) is 5.39. The number of aliphatic carboxylic acids is 1. The molecule has 100 valence electrons. The Kier molecular flexibility index (Phi) is 4.34. The van der Waals surface area contributed by atoms with Crippen LogP contribution in [0.25, 0.3) is 0 Å². The van der Waals surface area contributed by atoms with Crippen LogP contribution in [-0.4, -0.2) is 25.2 Å². The van der Waals surface area contributed by atoms with Gasteiger partial charge in [-0.2, -0.15) is 0 Å². The van der Waals surface area contributed by atoms with Crippen molar-refractivity contribution in [3.05, 3.63) is 29.3 Å². The Morgan fingerprint density at radius 2 is 2.00 bits per heavy atom. The Morgan fingerprint density at radius 3 is 2.56 bits per heavy atom. The number of hydrogen-bond donors (Lipinski definition) is 2. The molecule has 0 amide bonds. The van der Waals surface area contributed by atoms with Gasteiger partial charge in [-0.05, 0) is 31.0 Å². The van der Waals surface area contributed by atoms with Crippen LogP contribution >= 0.6 is 0 Å². The van der Waals surface area contributed by atoms with Crippen molar-refractivity contribution in [2.45, 2.75) is 20.8 Å². The van der Waals surface area contributed by atoms with Gasteiger partial charge in [0.1, 0.15) is 0 Å². The number of anilines is 1. The first kappa shape index (κ1) is 14.5. The predicted molar refractivity (Wildman–Crippen MR) is 70.1 cm³/mol. The number of carboxylic acid groups (broad SMARTS) is 1. The molecule has 0 heterocycles. The van der Waals surface area contributed by atoms with Crippen LogP contribution in [0.2, 0.25) is 0 Å². The Bertz CT molecular complexity index is 551.